The van der Waals surface area contributed by atoms with Crippen LogP contribution in [0.25, 0.3) is 0 Å². The molecular formula is C43H70NO11P. The van der Waals surface area contributed by atoms with Crippen LogP contribution in [0.5, 0.6) is 0 Å². The van der Waals surface area contributed by atoms with Crippen LogP contribution in [0.4, 0.5) is 0 Å². The molecule has 5 N–H and O–H groups in total. The minimum atomic E-state index is -4.46. The molecule has 1 unspecified atom stereocenters. The van der Waals surface area contributed by atoms with Crippen molar-refractivity contribution < 1.29 is 52.6 Å². The highest BCUT2D eigenvalue weighted by molar-refractivity contribution is 7.47. The summed E-state index contributed by atoms with van der Waals surface area (Å²) in [5, 5.41) is 20.7. The number of carbonyl (C=O) groups excluding carboxylic acids is 3. The van der Waals surface area contributed by atoms with Crippen molar-refractivity contribution in [1.82, 2.24) is 0 Å². The number of phosphoric acid groups is 1. The molecule has 1 aliphatic carbocycles. The van der Waals surface area contributed by atoms with Gasteiger partial charge in [0.15, 0.2) is 6.10 Å². The molecule has 6 atom stereocenters. The van der Waals surface area contributed by atoms with Crippen LogP contribution in [0, 0.1) is 11.8 Å². The van der Waals surface area contributed by atoms with Gasteiger partial charge in [-0.15, -0.1) is 0 Å². The second kappa shape index (κ2) is 33.1. The standard InChI is InChI=1S/C43H70NO11P/c1-3-5-7-8-9-10-11-12-13-14-15-16-17-18-23-27-42(48)52-34-37(35-54-56(50,51)53-32-31-44)55-43(49)28-24-20-19-22-26-38-39(41(47)33-40(38)46)30-29-36(45)25-21-6-4-2/h5,7,9-10,12-13,15-16,19,22,29-30,36-40,45-46H,3-4,6,8,11,14,17-18,20-21,23-28,31-35,44H2,1-2H3,(H,50,51)/b7-5-,10-9-,13-12-,16-15-,22-19-,30-29+/t36-,37+,38+,39+,40-/m0/s1. The van der Waals surface area contributed by atoms with Gasteiger partial charge in [-0.25, -0.2) is 4.57 Å². The molecule has 318 valence electrons. The van der Waals surface area contributed by atoms with Crippen LogP contribution < -0.4 is 5.73 Å². The molecule has 0 radical (unpaired) electrons. The molecule has 0 spiro atoms. The average molecular weight is 808 g/mol. The van der Waals surface area contributed by atoms with E-state index in [1.807, 2.05) is 12.2 Å². The van der Waals surface area contributed by atoms with Crippen molar-refractivity contribution in [3.8, 4) is 0 Å². The van der Waals surface area contributed by atoms with E-state index >= 15 is 0 Å². The maximum atomic E-state index is 12.7. The molecule has 12 nitrogen and oxygen atoms in total. The summed E-state index contributed by atoms with van der Waals surface area (Å²) in [5.74, 6) is -1.86. The lowest BCUT2D eigenvalue weighted by molar-refractivity contribution is -0.161. The molecule has 1 fully saturated rings. The fourth-order valence-electron chi connectivity index (χ4n) is 5.84. The fourth-order valence-corrected chi connectivity index (χ4v) is 6.60. The van der Waals surface area contributed by atoms with Gasteiger partial charge in [0, 0.05) is 37.6 Å². The zero-order valence-electron chi connectivity index (χ0n) is 33.8. The van der Waals surface area contributed by atoms with Crippen molar-refractivity contribution in [1.29, 1.82) is 0 Å². The van der Waals surface area contributed by atoms with Crippen molar-refractivity contribution in [2.75, 3.05) is 26.4 Å². The smallest absolute Gasteiger partial charge is 0.462 e. The van der Waals surface area contributed by atoms with Gasteiger partial charge in [-0.3, -0.25) is 23.4 Å². The van der Waals surface area contributed by atoms with Gasteiger partial charge in [-0.1, -0.05) is 106 Å². The molecule has 0 aromatic rings. The molecule has 0 aliphatic heterocycles. The number of unbranched alkanes of at least 4 members (excludes halogenated alkanes) is 5. The van der Waals surface area contributed by atoms with E-state index in [1.165, 1.54) is 0 Å². The Bertz CT molecular complexity index is 1310. The number of aliphatic hydroxyl groups is 2. The quantitative estimate of drug-likeness (QED) is 0.0216. The average Bonchev–Trinajstić information content (AvgIpc) is 3.44. The van der Waals surface area contributed by atoms with Crippen LogP contribution in [0.2, 0.25) is 0 Å². The Morgan fingerprint density at radius 2 is 1.48 bits per heavy atom. The lowest BCUT2D eigenvalue weighted by Gasteiger charge is -2.19. The third kappa shape index (κ3) is 26.8. The Morgan fingerprint density at radius 1 is 0.839 bits per heavy atom. The maximum Gasteiger partial charge on any atom is 0.472 e. The third-order valence-electron chi connectivity index (χ3n) is 8.95. The number of carbonyl (C=O) groups is 3. The van der Waals surface area contributed by atoms with Gasteiger partial charge in [-0.2, -0.15) is 0 Å². The van der Waals surface area contributed by atoms with Gasteiger partial charge in [0.1, 0.15) is 12.4 Å². The summed E-state index contributed by atoms with van der Waals surface area (Å²) in [6.07, 6.45) is 33.1. The number of ketones is 1. The predicted octanol–water partition coefficient (Wildman–Crippen LogP) is 8.08. The van der Waals surface area contributed by atoms with Crippen molar-refractivity contribution in [2.45, 2.75) is 141 Å². The molecule has 1 saturated carbocycles. The van der Waals surface area contributed by atoms with Crippen LogP contribution in [0.3, 0.4) is 0 Å². The van der Waals surface area contributed by atoms with Gasteiger partial charge in [-0.05, 0) is 70.6 Å². The van der Waals surface area contributed by atoms with E-state index in [2.05, 4.69) is 62.5 Å². The van der Waals surface area contributed by atoms with E-state index in [1.54, 1.807) is 12.2 Å². The van der Waals surface area contributed by atoms with E-state index in [9.17, 15) is 34.1 Å². The van der Waals surface area contributed by atoms with Crippen LogP contribution in [-0.4, -0.2) is 77.5 Å². The molecule has 1 rings (SSSR count). The molecule has 1 aliphatic rings. The lowest BCUT2D eigenvalue weighted by atomic mass is 9.90. The monoisotopic (exact) mass is 807 g/mol. The fraction of sp³-hybridized carbons (Fsp3) is 0.651. The van der Waals surface area contributed by atoms with Crippen molar-refractivity contribution in [3.63, 3.8) is 0 Å². The number of hydrogen-bond acceptors (Lipinski definition) is 11. The van der Waals surface area contributed by atoms with Gasteiger partial charge in [0.05, 0.1) is 25.4 Å². The summed E-state index contributed by atoms with van der Waals surface area (Å²) >= 11 is 0. The summed E-state index contributed by atoms with van der Waals surface area (Å²) in [4.78, 5) is 47.5. The highest BCUT2D eigenvalue weighted by Gasteiger charge is 2.39. The number of nitrogens with two attached hydrogens (primary N) is 1. The number of phosphoric ester groups is 1. The summed E-state index contributed by atoms with van der Waals surface area (Å²) in [6.45, 7) is 3.12. The molecule has 0 heterocycles. The molecule has 0 aromatic carbocycles. The first-order chi connectivity index (χ1) is 27.0. The number of Topliss-reactive ketones (excluding diaryl/α,β-unsaturated/α-hetero) is 1. The molecule has 56 heavy (non-hydrogen) atoms. The second-order valence-electron chi connectivity index (χ2n) is 13.9. The minimum Gasteiger partial charge on any atom is -0.462 e. The van der Waals surface area contributed by atoms with Gasteiger partial charge >= 0.3 is 19.8 Å². The Kier molecular flexibility index (Phi) is 30.1. The Hall–Kier alpha value is -2.96. The zero-order valence-corrected chi connectivity index (χ0v) is 34.7. The van der Waals surface area contributed by atoms with Gasteiger partial charge < -0.3 is 30.3 Å². The molecule has 0 aromatic heterocycles. The largest absolute Gasteiger partial charge is 0.472 e. The summed E-state index contributed by atoms with van der Waals surface area (Å²) in [7, 11) is -4.46. The van der Waals surface area contributed by atoms with E-state index in [0.717, 1.165) is 57.8 Å². The van der Waals surface area contributed by atoms with E-state index < -0.39 is 50.6 Å². The first-order valence-electron chi connectivity index (χ1n) is 20.5. The number of rotatable bonds is 33. The van der Waals surface area contributed by atoms with Gasteiger partial charge in [0.2, 0.25) is 0 Å². The first kappa shape index (κ1) is 51.1. The third-order valence-corrected chi connectivity index (χ3v) is 9.94. The zero-order chi connectivity index (χ0) is 41.3. The molecule has 0 amide bonds. The number of esters is 2. The SMILES string of the molecule is CC/C=C\C/C=C\C/C=C\C/C=C\CCCCC(=O)OC[C@H](COP(=O)(O)OCCN)OC(=O)CCC/C=C\C[C@H]1[C@@H](O)CC(=O)[C@@H]1/C=C/[C@@H](O)CCCCC. The normalized spacial score (nSPS) is 20.0. The van der Waals surface area contributed by atoms with Crippen LogP contribution in [-0.2, 0) is 37.5 Å². The Labute approximate surface area is 335 Å². The summed E-state index contributed by atoms with van der Waals surface area (Å²) < 4.78 is 32.6. The number of aliphatic hydroxyl groups excluding tert-OH is 2. The van der Waals surface area contributed by atoms with Gasteiger partial charge in [0.25, 0.3) is 0 Å². The van der Waals surface area contributed by atoms with Crippen molar-refractivity contribution in [3.05, 3.63) is 72.9 Å². The van der Waals surface area contributed by atoms with Crippen LogP contribution in [0.15, 0.2) is 72.9 Å². The second-order valence-corrected chi connectivity index (χ2v) is 15.4. The molecule has 13 heteroatoms. The number of ether oxygens (including phenoxy) is 2. The van der Waals surface area contributed by atoms with E-state index in [-0.39, 0.29) is 50.7 Å². The van der Waals surface area contributed by atoms with E-state index in [0.29, 0.717) is 32.1 Å². The number of allylic oxidation sites excluding steroid dienone is 11. The minimum absolute atomic E-state index is 0.000978. The lowest BCUT2D eigenvalue weighted by Crippen LogP contribution is -2.29. The Morgan fingerprint density at radius 3 is 2.16 bits per heavy atom. The summed E-state index contributed by atoms with van der Waals surface area (Å²) in [5.41, 5.74) is 5.33. The highest BCUT2D eigenvalue weighted by atomic mass is 31.2. The molecule has 0 bridgehead atoms. The topological polar surface area (TPSA) is 192 Å². The van der Waals surface area contributed by atoms with Crippen molar-refractivity contribution in [2.24, 2.45) is 17.6 Å². The Balaban J connectivity index is 2.49. The molecular weight excluding hydrogens is 737 g/mol. The number of hydrogen-bond donors (Lipinski definition) is 4. The molecule has 0 saturated heterocycles. The van der Waals surface area contributed by atoms with Crippen LogP contribution >= 0.6 is 7.82 Å². The first-order valence-corrected chi connectivity index (χ1v) is 22.0. The highest BCUT2D eigenvalue weighted by Crippen LogP contribution is 2.43. The predicted molar refractivity (Wildman–Crippen MR) is 220 cm³/mol. The van der Waals surface area contributed by atoms with E-state index in [4.69, 9.17) is 24.3 Å². The maximum absolute atomic E-state index is 12.7. The van der Waals surface area contributed by atoms with Crippen LogP contribution in [0.1, 0.15) is 123 Å². The summed E-state index contributed by atoms with van der Waals surface area (Å²) in [6, 6.07) is 0. The van der Waals surface area contributed by atoms with Crippen molar-refractivity contribution >= 4 is 25.5 Å².